The quantitative estimate of drug-likeness (QED) is 0.717. The minimum Gasteiger partial charge on any atom is -0.298 e. The maximum atomic E-state index is 2.45. The molecule has 1 fully saturated rings. The highest BCUT2D eigenvalue weighted by Gasteiger charge is 2.20. The number of hydrogen-bond acceptors (Lipinski definition) is 2. The van der Waals surface area contributed by atoms with Gasteiger partial charge in [0.25, 0.3) is 0 Å². The summed E-state index contributed by atoms with van der Waals surface area (Å²) in [6.45, 7) is 5.21. The van der Waals surface area contributed by atoms with Gasteiger partial charge in [-0.2, -0.15) is 11.8 Å². The Morgan fingerprint density at radius 3 is 2.47 bits per heavy atom. The Morgan fingerprint density at radius 2 is 1.87 bits per heavy atom. The molecular weight excluding hydrogens is 202 g/mol. The molecule has 0 radical (unpaired) electrons. The molecule has 1 aromatic rings. The van der Waals surface area contributed by atoms with Gasteiger partial charge in [-0.1, -0.05) is 44.2 Å². The van der Waals surface area contributed by atoms with E-state index in [-0.39, 0.29) is 0 Å². The van der Waals surface area contributed by atoms with Crippen molar-refractivity contribution in [1.29, 1.82) is 0 Å². The first-order valence-corrected chi connectivity index (χ1v) is 6.86. The van der Waals surface area contributed by atoms with Crippen LogP contribution in [0, 0.1) is 0 Å². The summed E-state index contributed by atoms with van der Waals surface area (Å²) in [4.78, 5) is 2.45. The molecule has 2 heteroatoms. The monoisotopic (exact) mass is 223 g/mol. The molecule has 1 aliphatic heterocycles. The Morgan fingerprint density at radius 1 is 1.20 bits per heavy atom. The SMILES string of the molecule is CC.CN1CCSCC1c1ccccc1. The summed E-state index contributed by atoms with van der Waals surface area (Å²) < 4.78 is 0. The molecule has 1 nitrogen and oxygen atoms in total. The number of benzene rings is 1. The molecule has 0 saturated carbocycles. The zero-order valence-electron chi connectivity index (χ0n) is 9.94. The van der Waals surface area contributed by atoms with Crippen molar-refractivity contribution in [2.45, 2.75) is 19.9 Å². The molecule has 0 aromatic heterocycles. The van der Waals surface area contributed by atoms with Crippen LogP contribution in [0.15, 0.2) is 30.3 Å². The minimum atomic E-state index is 0.625. The van der Waals surface area contributed by atoms with Crippen LogP contribution in [0.5, 0.6) is 0 Å². The van der Waals surface area contributed by atoms with Gasteiger partial charge in [-0.15, -0.1) is 0 Å². The number of nitrogens with zero attached hydrogens (tertiary/aromatic N) is 1. The lowest BCUT2D eigenvalue weighted by Gasteiger charge is -2.32. The summed E-state index contributed by atoms with van der Waals surface area (Å²) in [6, 6.07) is 11.4. The van der Waals surface area contributed by atoms with Gasteiger partial charge >= 0.3 is 0 Å². The van der Waals surface area contributed by atoms with Crippen molar-refractivity contribution in [1.82, 2.24) is 4.90 Å². The zero-order chi connectivity index (χ0) is 11.1. The molecule has 1 saturated heterocycles. The second-order valence-corrected chi connectivity index (χ2v) is 4.63. The summed E-state index contributed by atoms with van der Waals surface area (Å²) >= 11 is 2.06. The summed E-state index contributed by atoms with van der Waals surface area (Å²) in [5.74, 6) is 2.51. The number of hydrogen-bond donors (Lipinski definition) is 0. The molecule has 1 atom stereocenters. The van der Waals surface area contributed by atoms with Gasteiger partial charge < -0.3 is 0 Å². The van der Waals surface area contributed by atoms with Gasteiger partial charge in [-0.3, -0.25) is 4.90 Å². The molecule has 0 N–H and O–H groups in total. The topological polar surface area (TPSA) is 3.24 Å². The van der Waals surface area contributed by atoms with E-state index in [0.717, 1.165) is 0 Å². The molecule has 1 aliphatic rings. The summed E-state index contributed by atoms with van der Waals surface area (Å²) in [5, 5.41) is 0. The van der Waals surface area contributed by atoms with Crippen LogP contribution in [0.1, 0.15) is 25.5 Å². The molecule has 0 amide bonds. The van der Waals surface area contributed by atoms with Gasteiger partial charge in [0, 0.05) is 24.1 Å². The highest BCUT2D eigenvalue weighted by molar-refractivity contribution is 7.99. The van der Waals surface area contributed by atoms with Crippen LogP contribution in [0.25, 0.3) is 0 Å². The van der Waals surface area contributed by atoms with Crippen molar-refractivity contribution in [3.63, 3.8) is 0 Å². The van der Waals surface area contributed by atoms with E-state index in [9.17, 15) is 0 Å². The Kier molecular flexibility index (Phi) is 5.81. The van der Waals surface area contributed by atoms with Crippen LogP contribution in [0.4, 0.5) is 0 Å². The highest BCUT2D eigenvalue weighted by atomic mass is 32.2. The smallest absolute Gasteiger partial charge is 0.0435 e. The van der Waals surface area contributed by atoms with E-state index in [1.54, 1.807) is 0 Å². The molecule has 0 aliphatic carbocycles. The zero-order valence-corrected chi connectivity index (χ0v) is 10.8. The van der Waals surface area contributed by atoms with Crippen molar-refractivity contribution >= 4 is 11.8 Å². The third-order valence-corrected chi connectivity index (χ3v) is 3.60. The maximum absolute atomic E-state index is 2.45. The summed E-state index contributed by atoms with van der Waals surface area (Å²) in [7, 11) is 2.22. The van der Waals surface area contributed by atoms with Crippen molar-refractivity contribution in [2.75, 3.05) is 25.1 Å². The Balaban J connectivity index is 0.000000531. The van der Waals surface area contributed by atoms with E-state index >= 15 is 0 Å². The van der Waals surface area contributed by atoms with Crippen molar-refractivity contribution in [3.8, 4) is 0 Å². The van der Waals surface area contributed by atoms with E-state index in [2.05, 4.69) is 54.0 Å². The average Bonchev–Trinajstić information content (AvgIpc) is 2.33. The second kappa shape index (κ2) is 6.91. The largest absolute Gasteiger partial charge is 0.298 e. The lowest BCUT2D eigenvalue weighted by Crippen LogP contribution is -2.32. The molecule has 15 heavy (non-hydrogen) atoms. The first-order valence-electron chi connectivity index (χ1n) is 5.71. The molecule has 1 unspecified atom stereocenters. The molecule has 0 spiro atoms. The Bertz CT molecular complexity index is 260. The predicted octanol–water partition coefficient (Wildman–Crippen LogP) is 3.43. The fourth-order valence-electron chi connectivity index (χ4n) is 1.71. The normalized spacial score (nSPS) is 21.7. The minimum absolute atomic E-state index is 0.625. The van der Waals surface area contributed by atoms with E-state index in [1.807, 2.05) is 13.8 Å². The van der Waals surface area contributed by atoms with Crippen LogP contribution in [-0.2, 0) is 0 Å². The Hall–Kier alpha value is -0.470. The highest BCUT2D eigenvalue weighted by Crippen LogP contribution is 2.27. The second-order valence-electron chi connectivity index (χ2n) is 3.48. The predicted molar refractivity (Wildman–Crippen MR) is 70.5 cm³/mol. The van der Waals surface area contributed by atoms with Gasteiger partial charge in [0.05, 0.1) is 0 Å². The van der Waals surface area contributed by atoms with E-state index in [4.69, 9.17) is 0 Å². The van der Waals surface area contributed by atoms with Crippen LogP contribution in [-0.4, -0.2) is 30.0 Å². The van der Waals surface area contributed by atoms with Gasteiger partial charge in [-0.25, -0.2) is 0 Å². The summed E-state index contributed by atoms with van der Waals surface area (Å²) in [5.41, 5.74) is 1.46. The van der Waals surface area contributed by atoms with Crippen LogP contribution >= 0.6 is 11.8 Å². The van der Waals surface area contributed by atoms with Gasteiger partial charge in [0.2, 0.25) is 0 Å². The molecule has 1 aromatic carbocycles. The van der Waals surface area contributed by atoms with Crippen molar-refractivity contribution in [2.24, 2.45) is 0 Å². The number of thioether (sulfide) groups is 1. The maximum Gasteiger partial charge on any atom is 0.0435 e. The van der Waals surface area contributed by atoms with Crippen LogP contribution in [0.2, 0.25) is 0 Å². The van der Waals surface area contributed by atoms with Crippen molar-refractivity contribution in [3.05, 3.63) is 35.9 Å². The summed E-state index contributed by atoms with van der Waals surface area (Å²) in [6.07, 6.45) is 0. The number of rotatable bonds is 1. The van der Waals surface area contributed by atoms with Gasteiger partial charge in [0.1, 0.15) is 0 Å². The first kappa shape index (κ1) is 12.6. The third kappa shape index (κ3) is 3.54. The third-order valence-electron chi connectivity index (χ3n) is 2.58. The lowest BCUT2D eigenvalue weighted by atomic mass is 10.1. The van der Waals surface area contributed by atoms with E-state index in [0.29, 0.717) is 6.04 Å². The van der Waals surface area contributed by atoms with E-state index < -0.39 is 0 Å². The molecule has 84 valence electrons. The molecule has 2 rings (SSSR count). The Labute approximate surface area is 97.9 Å². The van der Waals surface area contributed by atoms with Gasteiger partial charge in [-0.05, 0) is 12.6 Å². The van der Waals surface area contributed by atoms with E-state index in [1.165, 1.54) is 23.6 Å². The van der Waals surface area contributed by atoms with Crippen LogP contribution < -0.4 is 0 Å². The lowest BCUT2D eigenvalue weighted by molar-refractivity contribution is 0.274. The average molecular weight is 223 g/mol. The first-order chi connectivity index (χ1) is 7.38. The molecule has 1 heterocycles. The van der Waals surface area contributed by atoms with Crippen LogP contribution in [0.3, 0.4) is 0 Å². The van der Waals surface area contributed by atoms with Gasteiger partial charge in [0.15, 0.2) is 0 Å². The molecule has 0 bridgehead atoms. The standard InChI is InChI=1S/C11H15NS.C2H6/c1-12-7-8-13-9-11(12)10-5-3-2-4-6-10;1-2/h2-6,11H,7-9H2,1H3;1-2H3. The molecular formula is C13H21NS. The fraction of sp³-hybridized carbons (Fsp3) is 0.538. The fourth-order valence-corrected chi connectivity index (χ4v) is 2.97. The van der Waals surface area contributed by atoms with Crippen molar-refractivity contribution < 1.29 is 0 Å².